The molecule has 0 saturated carbocycles. The molecule has 1 atom stereocenters. The first-order valence-electron chi connectivity index (χ1n) is 10.3. The predicted octanol–water partition coefficient (Wildman–Crippen LogP) is 2.93. The third-order valence-corrected chi connectivity index (χ3v) is 6.36. The molecule has 3 heterocycles. The second kappa shape index (κ2) is 8.41. The molecule has 4 rings (SSSR count). The maximum Gasteiger partial charge on any atom is 0.273 e. The van der Waals surface area contributed by atoms with Crippen LogP contribution in [0.3, 0.4) is 0 Å². The standard InChI is InChI=1S/C22H24N4O6S/c1-5-12-8-15(25-32-12)26(4)21(29)18-17(27)14(10-33-18)24-16-19(22(3,30)20(16)28)23-9-13-7-6-11(2)31-13/h6-8,10,23-24,27,30H,5,9H2,1-4H3. The number of aromatic nitrogens is 1. The zero-order valence-electron chi connectivity index (χ0n) is 18.6. The molecule has 0 aliphatic heterocycles. The molecule has 1 amide bonds. The average Bonchev–Trinajstić information content (AvgIpc) is 3.52. The number of nitrogens with zero attached hydrogens (tertiary/aromatic N) is 2. The number of ketones is 1. The van der Waals surface area contributed by atoms with Crippen LogP contribution in [0.25, 0.3) is 0 Å². The lowest BCUT2D eigenvalue weighted by molar-refractivity contribution is -0.132. The Morgan fingerprint density at radius 3 is 2.73 bits per heavy atom. The van der Waals surface area contributed by atoms with Gasteiger partial charge in [0.25, 0.3) is 5.91 Å². The van der Waals surface area contributed by atoms with Crippen LogP contribution in [0.5, 0.6) is 5.75 Å². The van der Waals surface area contributed by atoms with Gasteiger partial charge in [-0.25, -0.2) is 0 Å². The quantitative estimate of drug-likeness (QED) is 0.389. The van der Waals surface area contributed by atoms with Gasteiger partial charge in [-0.1, -0.05) is 12.1 Å². The van der Waals surface area contributed by atoms with E-state index in [0.717, 1.165) is 17.1 Å². The van der Waals surface area contributed by atoms with Gasteiger partial charge in [0.1, 0.15) is 27.9 Å². The Morgan fingerprint density at radius 1 is 1.33 bits per heavy atom. The summed E-state index contributed by atoms with van der Waals surface area (Å²) in [4.78, 5) is 26.7. The zero-order valence-corrected chi connectivity index (χ0v) is 19.4. The minimum atomic E-state index is -1.70. The SMILES string of the molecule is CCc1cc(N(C)C(=O)c2scc(NC3=C(NCc4ccc(C)o4)C(C)(O)C3=O)c2O)no1. The molecule has 0 fully saturated rings. The van der Waals surface area contributed by atoms with Crippen LogP contribution in [0.1, 0.15) is 40.8 Å². The lowest BCUT2D eigenvalue weighted by Crippen LogP contribution is -2.55. The average molecular weight is 473 g/mol. The number of aliphatic hydroxyl groups is 1. The minimum Gasteiger partial charge on any atom is -0.504 e. The Labute approximate surface area is 193 Å². The molecule has 10 nitrogen and oxygen atoms in total. The number of carbonyl (C=O) groups excluding carboxylic acids is 2. The fourth-order valence-corrected chi connectivity index (χ4v) is 4.26. The van der Waals surface area contributed by atoms with Gasteiger partial charge >= 0.3 is 0 Å². The Kier molecular flexibility index (Phi) is 5.76. The van der Waals surface area contributed by atoms with Gasteiger partial charge < -0.3 is 29.8 Å². The minimum absolute atomic E-state index is 0.0701. The molecule has 1 aliphatic rings. The Balaban J connectivity index is 1.53. The molecule has 1 unspecified atom stereocenters. The van der Waals surface area contributed by atoms with Gasteiger partial charge in [-0.3, -0.25) is 14.5 Å². The van der Waals surface area contributed by atoms with Gasteiger partial charge in [-0.15, -0.1) is 11.3 Å². The Morgan fingerprint density at radius 2 is 2.09 bits per heavy atom. The van der Waals surface area contributed by atoms with Gasteiger partial charge in [0.15, 0.2) is 17.2 Å². The highest BCUT2D eigenvalue weighted by Gasteiger charge is 2.49. The number of Topliss-reactive ketones (excluding diaryl/α,β-unsaturated/α-hetero) is 1. The van der Waals surface area contributed by atoms with E-state index in [4.69, 9.17) is 8.94 Å². The summed E-state index contributed by atoms with van der Waals surface area (Å²) in [5, 5.41) is 32.4. The van der Waals surface area contributed by atoms with E-state index in [0.29, 0.717) is 23.8 Å². The molecule has 0 saturated heterocycles. The van der Waals surface area contributed by atoms with E-state index in [2.05, 4.69) is 15.8 Å². The molecule has 3 aromatic heterocycles. The first kappa shape index (κ1) is 22.6. The van der Waals surface area contributed by atoms with Crippen molar-refractivity contribution in [2.24, 2.45) is 0 Å². The van der Waals surface area contributed by atoms with Crippen LogP contribution in [-0.2, 0) is 17.8 Å². The Bertz CT molecular complexity index is 1250. The number of anilines is 2. The summed E-state index contributed by atoms with van der Waals surface area (Å²) < 4.78 is 10.6. The second-order valence-electron chi connectivity index (χ2n) is 7.84. The molecule has 11 heteroatoms. The highest BCUT2D eigenvalue weighted by atomic mass is 32.1. The number of aromatic hydroxyl groups is 1. The topological polar surface area (TPSA) is 141 Å². The number of rotatable bonds is 8. The smallest absolute Gasteiger partial charge is 0.273 e. The number of hydrogen-bond acceptors (Lipinski definition) is 10. The molecule has 0 aromatic carbocycles. The molecule has 0 radical (unpaired) electrons. The molecule has 0 bridgehead atoms. The molecular weight excluding hydrogens is 448 g/mol. The van der Waals surface area contributed by atoms with Crippen LogP contribution in [-0.4, -0.2) is 39.7 Å². The fourth-order valence-electron chi connectivity index (χ4n) is 3.40. The monoisotopic (exact) mass is 472 g/mol. The maximum atomic E-state index is 12.9. The lowest BCUT2D eigenvalue weighted by Gasteiger charge is -2.37. The normalized spacial score (nSPS) is 17.8. The number of carbonyl (C=O) groups is 2. The summed E-state index contributed by atoms with van der Waals surface area (Å²) in [6, 6.07) is 5.26. The van der Waals surface area contributed by atoms with Crippen molar-refractivity contribution in [3.63, 3.8) is 0 Å². The summed E-state index contributed by atoms with van der Waals surface area (Å²) in [5.41, 5.74) is -1.14. The van der Waals surface area contributed by atoms with Gasteiger partial charge in [-0.2, -0.15) is 0 Å². The molecule has 0 spiro atoms. The zero-order chi connectivity index (χ0) is 23.9. The van der Waals surface area contributed by atoms with Crippen molar-refractivity contribution in [1.82, 2.24) is 10.5 Å². The highest BCUT2D eigenvalue weighted by molar-refractivity contribution is 7.13. The van der Waals surface area contributed by atoms with Gasteiger partial charge in [0, 0.05) is 24.9 Å². The first-order chi connectivity index (χ1) is 15.6. The molecule has 3 aromatic rings. The summed E-state index contributed by atoms with van der Waals surface area (Å²) in [6.45, 7) is 5.37. The molecule has 174 valence electrons. The number of aryl methyl sites for hydroxylation is 2. The fraction of sp³-hybridized carbons (Fsp3) is 0.318. The van der Waals surface area contributed by atoms with Crippen LogP contribution in [0, 0.1) is 6.92 Å². The summed E-state index contributed by atoms with van der Waals surface area (Å²) >= 11 is 1.02. The number of amides is 1. The third-order valence-electron chi connectivity index (χ3n) is 5.40. The number of furan rings is 1. The molecular formula is C22H24N4O6S. The highest BCUT2D eigenvalue weighted by Crippen LogP contribution is 2.40. The van der Waals surface area contributed by atoms with Crippen molar-refractivity contribution in [1.29, 1.82) is 0 Å². The summed E-state index contributed by atoms with van der Waals surface area (Å²) in [7, 11) is 1.53. The first-order valence-corrected chi connectivity index (χ1v) is 11.1. The third kappa shape index (κ3) is 4.00. The van der Waals surface area contributed by atoms with Crippen LogP contribution in [0.15, 0.2) is 43.9 Å². The van der Waals surface area contributed by atoms with Crippen LogP contribution in [0.2, 0.25) is 0 Å². The molecule has 33 heavy (non-hydrogen) atoms. The van der Waals surface area contributed by atoms with Gasteiger partial charge in [0.05, 0.1) is 17.9 Å². The van der Waals surface area contributed by atoms with Gasteiger partial charge in [0.2, 0.25) is 5.78 Å². The maximum absolute atomic E-state index is 12.9. The van der Waals surface area contributed by atoms with E-state index >= 15 is 0 Å². The van der Waals surface area contributed by atoms with E-state index in [9.17, 15) is 19.8 Å². The van der Waals surface area contributed by atoms with Crippen LogP contribution < -0.4 is 15.5 Å². The van der Waals surface area contributed by atoms with E-state index in [1.54, 1.807) is 12.1 Å². The van der Waals surface area contributed by atoms with Gasteiger partial charge in [-0.05, 0) is 26.0 Å². The number of hydrogen-bond donors (Lipinski definition) is 4. The summed E-state index contributed by atoms with van der Waals surface area (Å²) in [5.74, 6) is 1.03. The number of thiophene rings is 1. The lowest BCUT2D eigenvalue weighted by atomic mass is 9.81. The van der Waals surface area contributed by atoms with Crippen molar-refractivity contribution in [3.8, 4) is 5.75 Å². The van der Waals surface area contributed by atoms with E-state index in [-0.39, 0.29) is 34.3 Å². The second-order valence-corrected chi connectivity index (χ2v) is 8.72. The molecule has 4 N–H and O–H groups in total. The number of nitrogens with one attached hydrogen (secondary N) is 2. The van der Waals surface area contributed by atoms with E-state index in [1.807, 2.05) is 19.9 Å². The Hall–Kier alpha value is -3.57. The van der Waals surface area contributed by atoms with Crippen molar-refractivity contribution >= 4 is 34.5 Å². The van der Waals surface area contributed by atoms with E-state index in [1.165, 1.54) is 24.3 Å². The van der Waals surface area contributed by atoms with Crippen molar-refractivity contribution in [3.05, 3.63) is 57.1 Å². The van der Waals surface area contributed by atoms with Crippen LogP contribution in [0.4, 0.5) is 11.5 Å². The van der Waals surface area contributed by atoms with Crippen molar-refractivity contribution in [2.45, 2.75) is 39.3 Å². The van der Waals surface area contributed by atoms with Crippen LogP contribution >= 0.6 is 11.3 Å². The van der Waals surface area contributed by atoms with Crippen molar-refractivity contribution in [2.75, 3.05) is 17.3 Å². The van der Waals surface area contributed by atoms with Crippen molar-refractivity contribution < 1.29 is 28.7 Å². The molecule has 1 aliphatic carbocycles. The predicted molar refractivity (Wildman–Crippen MR) is 121 cm³/mol. The van der Waals surface area contributed by atoms with E-state index < -0.39 is 17.3 Å². The largest absolute Gasteiger partial charge is 0.504 e. The summed E-state index contributed by atoms with van der Waals surface area (Å²) in [6.07, 6.45) is 0.635.